The van der Waals surface area contributed by atoms with E-state index in [9.17, 15) is 4.79 Å². The number of aromatic nitrogens is 4. The largest absolute Gasteiger partial charge is 0.337 e. The molecular formula is C20H26N6O. The topological polar surface area (TPSA) is 78.0 Å². The molecule has 2 fully saturated rings. The SMILES string of the molecule is O=C(c1cnccn1)N1CCC(N2CCCC3(CCc4cn[nH]c43)C2)CC1. The third-order valence-corrected chi connectivity index (χ3v) is 6.78. The van der Waals surface area contributed by atoms with Crippen LogP contribution in [0.5, 0.6) is 0 Å². The molecule has 1 spiro atoms. The summed E-state index contributed by atoms with van der Waals surface area (Å²) in [7, 11) is 0. The molecule has 1 amide bonds. The zero-order valence-corrected chi connectivity index (χ0v) is 15.6. The molecule has 0 aromatic carbocycles. The molecule has 1 unspecified atom stereocenters. The highest BCUT2D eigenvalue weighted by atomic mass is 16.2. The van der Waals surface area contributed by atoms with E-state index in [4.69, 9.17) is 0 Å². The number of aromatic amines is 1. The Morgan fingerprint density at radius 3 is 2.85 bits per heavy atom. The second kappa shape index (κ2) is 6.71. The van der Waals surface area contributed by atoms with Gasteiger partial charge >= 0.3 is 0 Å². The molecule has 0 saturated carbocycles. The Kier molecular flexibility index (Phi) is 4.19. The summed E-state index contributed by atoms with van der Waals surface area (Å²) in [6, 6.07) is 0.569. The van der Waals surface area contributed by atoms with Crippen molar-refractivity contribution in [2.75, 3.05) is 26.2 Å². The molecule has 27 heavy (non-hydrogen) atoms. The molecular weight excluding hydrogens is 340 g/mol. The molecule has 2 saturated heterocycles. The third-order valence-electron chi connectivity index (χ3n) is 6.78. The highest BCUT2D eigenvalue weighted by Crippen LogP contribution is 2.44. The van der Waals surface area contributed by atoms with Crippen molar-refractivity contribution in [2.24, 2.45) is 0 Å². The zero-order chi connectivity index (χ0) is 18.3. The van der Waals surface area contributed by atoms with E-state index in [-0.39, 0.29) is 11.3 Å². The summed E-state index contributed by atoms with van der Waals surface area (Å²) in [6.07, 6.45) is 13.8. The van der Waals surface area contributed by atoms with E-state index in [1.807, 2.05) is 11.1 Å². The van der Waals surface area contributed by atoms with Crippen molar-refractivity contribution >= 4 is 5.91 Å². The van der Waals surface area contributed by atoms with Crippen LogP contribution in [-0.4, -0.2) is 68.1 Å². The van der Waals surface area contributed by atoms with Crippen molar-refractivity contribution in [3.05, 3.63) is 41.7 Å². The molecule has 7 heteroatoms. The summed E-state index contributed by atoms with van der Waals surface area (Å²) in [5.74, 6) is 0.00885. The van der Waals surface area contributed by atoms with E-state index in [2.05, 4.69) is 25.1 Å². The van der Waals surface area contributed by atoms with E-state index < -0.39 is 0 Å². The summed E-state index contributed by atoms with van der Waals surface area (Å²) >= 11 is 0. The van der Waals surface area contributed by atoms with Gasteiger partial charge in [0.25, 0.3) is 5.91 Å². The lowest BCUT2D eigenvalue weighted by Gasteiger charge is -2.46. The van der Waals surface area contributed by atoms with Gasteiger partial charge in [0.1, 0.15) is 5.69 Å². The molecule has 142 valence electrons. The minimum atomic E-state index is 0.00885. The minimum absolute atomic E-state index is 0.00885. The number of aryl methyl sites for hydroxylation is 1. The van der Waals surface area contributed by atoms with E-state index in [1.54, 1.807) is 18.6 Å². The average Bonchev–Trinajstić information content (AvgIpc) is 3.33. The fourth-order valence-corrected chi connectivity index (χ4v) is 5.35. The number of hydrogen-bond donors (Lipinski definition) is 1. The van der Waals surface area contributed by atoms with Crippen molar-refractivity contribution in [1.82, 2.24) is 30.0 Å². The molecule has 1 aliphatic carbocycles. The van der Waals surface area contributed by atoms with Crippen LogP contribution in [0.15, 0.2) is 24.8 Å². The molecule has 0 bridgehead atoms. The van der Waals surface area contributed by atoms with Gasteiger partial charge in [-0.05, 0) is 50.6 Å². The highest BCUT2D eigenvalue weighted by molar-refractivity contribution is 5.92. The molecule has 4 heterocycles. The Labute approximate surface area is 159 Å². The summed E-state index contributed by atoms with van der Waals surface area (Å²) in [5.41, 5.74) is 3.53. The predicted molar refractivity (Wildman–Crippen MR) is 100 cm³/mol. The fourth-order valence-electron chi connectivity index (χ4n) is 5.35. The fraction of sp³-hybridized carbons (Fsp3) is 0.600. The molecule has 5 rings (SSSR count). The maximum Gasteiger partial charge on any atom is 0.274 e. The minimum Gasteiger partial charge on any atom is -0.337 e. The van der Waals surface area contributed by atoms with Gasteiger partial charge < -0.3 is 4.90 Å². The number of hydrogen-bond acceptors (Lipinski definition) is 5. The number of nitrogens with zero attached hydrogens (tertiary/aromatic N) is 5. The van der Waals surface area contributed by atoms with E-state index in [0.717, 1.165) is 38.9 Å². The molecule has 2 aromatic heterocycles. The van der Waals surface area contributed by atoms with Crippen LogP contribution < -0.4 is 0 Å². The van der Waals surface area contributed by atoms with Crippen LogP contribution in [-0.2, 0) is 11.8 Å². The van der Waals surface area contributed by atoms with Crippen molar-refractivity contribution in [2.45, 2.75) is 50.0 Å². The smallest absolute Gasteiger partial charge is 0.274 e. The van der Waals surface area contributed by atoms with Gasteiger partial charge in [0.15, 0.2) is 0 Å². The number of likely N-dealkylation sites (tertiary alicyclic amines) is 2. The quantitative estimate of drug-likeness (QED) is 0.877. The van der Waals surface area contributed by atoms with E-state index >= 15 is 0 Å². The van der Waals surface area contributed by atoms with Crippen molar-refractivity contribution < 1.29 is 4.79 Å². The van der Waals surface area contributed by atoms with Crippen LogP contribution in [0.1, 0.15) is 53.8 Å². The molecule has 7 nitrogen and oxygen atoms in total. The lowest BCUT2D eigenvalue weighted by Crippen LogP contribution is -2.53. The van der Waals surface area contributed by atoms with Gasteiger partial charge in [0.05, 0.1) is 12.4 Å². The summed E-state index contributed by atoms with van der Waals surface area (Å²) in [4.78, 5) is 25.4. The van der Waals surface area contributed by atoms with Crippen LogP contribution in [0.2, 0.25) is 0 Å². The standard InChI is InChI=1S/C20H26N6O/c27-19(17-13-21-7-8-22-17)25-10-3-16(4-11-25)26-9-1-5-20(14-26)6-2-15-12-23-24-18(15)20/h7-8,12-13,16H,1-6,9-11,14H2,(H,23,24). The molecule has 0 radical (unpaired) electrons. The van der Waals surface area contributed by atoms with Crippen LogP contribution >= 0.6 is 0 Å². The Hall–Kier alpha value is -2.28. The number of carbonyl (C=O) groups excluding carboxylic acids is 1. The molecule has 2 aliphatic heterocycles. The number of fused-ring (bicyclic) bond motifs is 2. The van der Waals surface area contributed by atoms with Crippen LogP contribution in [0.4, 0.5) is 0 Å². The van der Waals surface area contributed by atoms with Gasteiger partial charge in [-0.2, -0.15) is 5.10 Å². The first-order valence-electron chi connectivity index (χ1n) is 10.1. The van der Waals surface area contributed by atoms with E-state index in [1.165, 1.54) is 37.1 Å². The van der Waals surface area contributed by atoms with Gasteiger partial charge in [-0.3, -0.25) is 19.8 Å². The van der Waals surface area contributed by atoms with Crippen molar-refractivity contribution in [3.63, 3.8) is 0 Å². The molecule has 1 N–H and O–H groups in total. The Morgan fingerprint density at radius 1 is 1.15 bits per heavy atom. The third kappa shape index (κ3) is 2.94. The first-order chi connectivity index (χ1) is 13.3. The Morgan fingerprint density at radius 2 is 2.04 bits per heavy atom. The second-order valence-corrected chi connectivity index (χ2v) is 8.24. The number of H-pyrrole nitrogens is 1. The Balaban J connectivity index is 1.23. The number of rotatable bonds is 2. The van der Waals surface area contributed by atoms with Crippen LogP contribution in [0.25, 0.3) is 0 Å². The normalized spacial score (nSPS) is 26.4. The average molecular weight is 366 g/mol. The van der Waals surface area contributed by atoms with Crippen molar-refractivity contribution in [1.29, 1.82) is 0 Å². The van der Waals surface area contributed by atoms with Gasteiger partial charge in [-0.1, -0.05) is 0 Å². The van der Waals surface area contributed by atoms with Gasteiger partial charge in [0.2, 0.25) is 0 Å². The number of carbonyl (C=O) groups is 1. The lowest BCUT2D eigenvalue weighted by molar-refractivity contribution is 0.0464. The zero-order valence-electron chi connectivity index (χ0n) is 15.6. The number of nitrogens with one attached hydrogen (secondary N) is 1. The maximum atomic E-state index is 12.6. The summed E-state index contributed by atoms with van der Waals surface area (Å²) in [5, 5.41) is 7.59. The monoisotopic (exact) mass is 366 g/mol. The number of amides is 1. The number of piperidine rings is 2. The molecule has 3 aliphatic rings. The van der Waals surface area contributed by atoms with Crippen LogP contribution in [0.3, 0.4) is 0 Å². The maximum absolute atomic E-state index is 12.6. The van der Waals surface area contributed by atoms with E-state index in [0.29, 0.717) is 11.7 Å². The lowest BCUT2D eigenvalue weighted by atomic mass is 9.77. The Bertz CT molecular complexity index is 813. The first-order valence-corrected chi connectivity index (χ1v) is 10.1. The van der Waals surface area contributed by atoms with Crippen LogP contribution in [0, 0.1) is 0 Å². The molecule has 1 atom stereocenters. The second-order valence-electron chi connectivity index (χ2n) is 8.24. The predicted octanol–water partition coefficient (Wildman–Crippen LogP) is 1.78. The first kappa shape index (κ1) is 16.9. The highest BCUT2D eigenvalue weighted by Gasteiger charge is 2.45. The van der Waals surface area contributed by atoms with Gasteiger partial charge in [-0.25, -0.2) is 4.98 Å². The van der Waals surface area contributed by atoms with Crippen molar-refractivity contribution in [3.8, 4) is 0 Å². The molecule has 2 aromatic rings. The van der Waals surface area contributed by atoms with Gasteiger partial charge in [0, 0.05) is 49.2 Å². The van der Waals surface area contributed by atoms with Gasteiger partial charge in [-0.15, -0.1) is 0 Å². The summed E-state index contributed by atoms with van der Waals surface area (Å²) < 4.78 is 0. The summed E-state index contributed by atoms with van der Waals surface area (Å²) in [6.45, 7) is 3.91.